The van der Waals surface area contributed by atoms with Crippen LogP contribution in [-0.2, 0) is 4.79 Å². The fourth-order valence-corrected chi connectivity index (χ4v) is 1.25. The van der Waals surface area contributed by atoms with Gasteiger partial charge in [0.15, 0.2) is 0 Å². The lowest BCUT2D eigenvalue weighted by Gasteiger charge is -2.12. The van der Waals surface area contributed by atoms with Gasteiger partial charge in [-0.2, -0.15) is 0 Å². The third-order valence-electron chi connectivity index (χ3n) is 2.05. The number of unbranched alkanes of at least 4 members (excludes halogenated alkanes) is 2. The second kappa shape index (κ2) is 10.5. The van der Waals surface area contributed by atoms with E-state index < -0.39 is 5.97 Å². The first-order chi connectivity index (χ1) is 6.22. The molecule has 0 bridgehead atoms. The molecule has 3 heteroatoms. The van der Waals surface area contributed by atoms with Crippen molar-refractivity contribution in [1.29, 1.82) is 0 Å². The third-order valence-corrected chi connectivity index (χ3v) is 2.05. The molecule has 0 aliphatic heterocycles. The fraction of sp³-hybridized carbons (Fsp3) is 0.909. The summed E-state index contributed by atoms with van der Waals surface area (Å²) in [5.74, 6) is -0.724. The quantitative estimate of drug-likeness (QED) is 0.596. The maximum absolute atomic E-state index is 10.7. The van der Waals surface area contributed by atoms with Gasteiger partial charge in [-0.15, -0.1) is 0 Å². The van der Waals surface area contributed by atoms with Gasteiger partial charge in [-0.25, -0.2) is 0 Å². The average molecular weight is 203 g/mol. The van der Waals surface area contributed by atoms with E-state index in [2.05, 4.69) is 12.2 Å². The fourth-order valence-electron chi connectivity index (χ4n) is 1.25. The zero-order valence-corrected chi connectivity index (χ0v) is 8.68. The highest BCUT2D eigenvalue weighted by molar-refractivity contribution is 5.73. The zero-order chi connectivity index (χ0) is 10.1. The van der Waals surface area contributed by atoms with E-state index in [1.54, 1.807) is 0 Å². The molecule has 14 heavy (non-hydrogen) atoms. The second-order valence-corrected chi connectivity index (χ2v) is 3.34. The van der Waals surface area contributed by atoms with E-state index in [9.17, 15) is 4.79 Å². The largest absolute Gasteiger partial charge is 0.480 e. The van der Waals surface area contributed by atoms with Crippen LogP contribution in [0.1, 0.15) is 53.4 Å². The van der Waals surface area contributed by atoms with Gasteiger partial charge < -0.3 is 10.4 Å². The Kier molecular flexibility index (Phi) is 11.9. The van der Waals surface area contributed by atoms with Crippen molar-refractivity contribution in [3.8, 4) is 0 Å². The Labute approximate surface area is 87.9 Å². The molecule has 0 aromatic rings. The number of carbonyl (C=O) groups is 1. The highest BCUT2D eigenvalue weighted by Gasteiger charge is 2.13. The number of nitrogens with one attached hydrogen (secondary N) is 1. The third kappa shape index (κ3) is 8.05. The molecule has 3 nitrogen and oxygen atoms in total. The first-order valence-corrected chi connectivity index (χ1v) is 5.18. The minimum absolute atomic E-state index is 0. The number of carboxylic acid groups (broad SMARTS) is 1. The second-order valence-electron chi connectivity index (χ2n) is 3.34. The predicted molar refractivity (Wildman–Crippen MR) is 60.6 cm³/mol. The summed E-state index contributed by atoms with van der Waals surface area (Å²) in [6.45, 7) is 4.97. The molecule has 0 rings (SSSR count). The molecule has 0 aliphatic carbocycles. The minimum atomic E-state index is -0.724. The van der Waals surface area contributed by atoms with Crippen LogP contribution in [0.2, 0.25) is 0 Å². The lowest BCUT2D eigenvalue weighted by molar-refractivity contribution is -0.139. The Bertz CT molecular complexity index is 137. The van der Waals surface area contributed by atoms with Crippen LogP contribution >= 0.6 is 0 Å². The van der Waals surface area contributed by atoms with Gasteiger partial charge in [0, 0.05) is 0 Å². The van der Waals surface area contributed by atoms with Crippen molar-refractivity contribution in [2.45, 2.75) is 59.4 Å². The summed E-state index contributed by atoms with van der Waals surface area (Å²) in [5.41, 5.74) is 0. The summed E-state index contributed by atoms with van der Waals surface area (Å²) >= 11 is 0. The molecule has 0 radical (unpaired) electrons. The van der Waals surface area contributed by atoms with Gasteiger partial charge in [-0.05, 0) is 19.4 Å². The van der Waals surface area contributed by atoms with E-state index >= 15 is 0 Å². The van der Waals surface area contributed by atoms with E-state index in [0.29, 0.717) is 0 Å². The van der Waals surface area contributed by atoms with Gasteiger partial charge in [0.25, 0.3) is 0 Å². The maximum atomic E-state index is 10.7. The van der Waals surface area contributed by atoms with E-state index in [0.717, 1.165) is 25.8 Å². The lowest BCUT2D eigenvalue weighted by atomic mass is 10.1. The molecule has 0 aromatic heterocycles. The zero-order valence-electron chi connectivity index (χ0n) is 8.68. The highest BCUT2D eigenvalue weighted by atomic mass is 16.4. The molecule has 1 unspecified atom stereocenters. The minimum Gasteiger partial charge on any atom is -0.480 e. The first kappa shape index (κ1) is 15.9. The SMILES string of the molecule is C.CCCCCNC(CCC)C(=O)O. The summed E-state index contributed by atoms with van der Waals surface area (Å²) in [6.07, 6.45) is 5.06. The molecule has 0 spiro atoms. The van der Waals surface area contributed by atoms with Crippen molar-refractivity contribution in [3.63, 3.8) is 0 Å². The molecule has 0 heterocycles. The molecule has 0 saturated carbocycles. The van der Waals surface area contributed by atoms with Crippen LogP contribution in [0, 0.1) is 0 Å². The highest BCUT2D eigenvalue weighted by Crippen LogP contribution is 1.98. The lowest BCUT2D eigenvalue weighted by Crippen LogP contribution is -2.37. The smallest absolute Gasteiger partial charge is 0.320 e. The molecule has 2 N–H and O–H groups in total. The summed E-state index contributed by atoms with van der Waals surface area (Å²) in [5, 5.41) is 11.9. The molecule has 0 aromatic carbocycles. The monoisotopic (exact) mass is 203 g/mol. The Balaban J connectivity index is 0. The number of aliphatic carboxylic acids is 1. The van der Waals surface area contributed by atoms with Crippen LogP contribution in [0.25, 0.3) is 0 Å². The summed E-state index contributed by atoms with van der Waals surface area (Å²) < 4.78 is 0. The van der Waals surface area contributed by atoms with Crippen LogP contribution in [0.5, 0.6) is 0 Å². The van der Waals surface area contributed by atoms with Crippen molar-refractivity contribution >= 4 is 5.97 Å². The molecule has 0 fully saturated rings. The molecule has 86 valence electrons. The van der Waals surface area contributed by atoms with Crippen LogP contribution < -0.4 is 5.32 Å². The molecular weight excluding hydrogens is 178 g/mol. The van der Waals surface area contributed by atoms with Crippen molar-refractivity contribution in [1.82, 2.24) is 5.32 Å². The van der Waals surface area contributed by atoms with E-state index in [4.69, 9.17) is 5.11 Å². The van der Waals surface area contributed by atoms with Gasteiger partial charge in [0.2, 0.25) is 0 Å². The Morgan fingerprint density at radius 2 is 1.93 bits per heavy atom. The predicted octanol–water partition coefficient (Wildman–Crippen LogP) is 2.66. The van der Waals surface area contributed by atoms with Crippen LogP contribution in [0.15, 0.2) is 0 Å². The van der Waals surface area contributed by atoms with Gasteiger partial charge in [-0.3, -0.25) is 4.79 Å². The van der Waals surface area contributed by atoms with E-state index in [-0.39, 0.29) is 13.5 Å². The van der Waals surface area contributed by atoms with Gasteiger partial charge in [0.1, 0.15) is 6.04 Å². The Hall–Kier alpha value is -0.570. The molecule has 1 atom stereocenters. The Morgan fingerprint density at radius 3 is 2.36 bits per heavy atom. The van der Waals surface area contributed by atoms with Crippen LogP contribution in [0.3, 0.4) is 0 Å². The van der Waals surface area contributed by atoms with Gasteiger partial charge in [-0.1, -0.05) is 40.5 Å². The topological polar surface area (TPSA) is 49.3 Å². The molecular formula is C11H25NO2. The Morgan fingerprint density at radius 1 is 1.29 bits per heavy atom. The first-order valence-electron chi connectivity index (χ1n) is 5.18. The normalized spacial score (nSPS) is 11.9. The summed E-state index contributed by atoms with van der Waals surface area (Å²) in [7, 11) is 0. The van der Waals surface area contributed by atoms with Crippen molar-refractivity contribution in [3.05, 3.63) is 0 Å². The van der Waals surface area contributed by atoms with Crippen LogP contribution in [-0.4, -0.2) is 23.7 Å². The maximum Gasteiger partial charge on any atom is 0.320 e. The molecule has 0 saturated heterocycles. The average Bonchev–Trinajstić information content (AvgIpc) is 2.10. The van der Waals surface area contributed by atoms with E-state index in [1.807, 2.05) is 6.92 Å². The number of rotatable bonds is 8. The number of hydrogen-bond donors (Lipinski definition) is 2. The van der Waals surface area contributed by atoms with Gasteiger partial charge >= 0.3 is 5.97 Å². The summed E-state index contributed by atoms with van der Waals surface area (Å²) in [6, 6.07) is -0.346. The summed E-state index contributed by atoms with van der Waals surface area (Å²) in [4.78, 5) is 10.7. The van der Waals surface area contributed by atoms with Crippen molar-refractivity contribution < 1.29 is 9.90 Å². The van der Waals surface area contributed by atoms with E-state index in [1.165, 1.54) is 12.8 Å². The number of carboxylic acids is 1. The van der Waals surface area contributed by atoms with Crippen molar-refractivity contribution in [2.75, 3.05) is 6.54 Å². The van der Waals surface area contributed by atoms with Crippen molar-refractivity contribution in [2.24, 2.45) is 0 Å². The number of hydrogen-bond acceptors (Lipinski definition) is 2. The standard InChI is InChI=1S/C10H21NO2.CH4/c1-3-5-6-8-11-9(7-4-2)10(12)13;/h9,11H,3-8H2,1-2H3,(H,12,13);1H4. The molecule has 0 amide bonds. The van der Waals surface area contributed by atoms with Gasteiger partial charge in [0.05, 0.1) is 0 Å². The van der Waals surface area contributed by atoms with Crippen LogP contribution in [0.4, 0.5) is 0 Å². The molecule has 0 aliphatic rings.